The van der Waals surface area contributed by atoms with E-state index >= 15 is 0 Å². The highest BCUT2D eigenvalue weighted by Crippen LogP contribution is 2.18. The van der Waals surface area contributed by atoms with Crippen LogP contribution >= 0.6 is 0 Å². The molecule has 0 heterocycles. The summed E-state index contributed by atoms with van der Waals surface area (Å²) in [5, 5.41) is 13.3. The number of nitro groups is 1. The maximum Gasteiger partial charge on any atom is 0.269 e. The van der Waals surface area contributed by atoms with Crippen molar-refractivity contribution in [2.45, 2.75) is 24.9 Å². The summed E-state index contributed by atoms with van der Waals surface area (Å²) in [6, 6.07) is 5.85. The molecule has 1 saturated carbocycles. The molecule has 1 aliphatic carbocycles. The maximum atomic E-state index is 11.7. The number of amides is 1. The Morgan fingerprint density at radius 1 is 1.35 bits per heavy atom. The second-order valence-electron chi connectivity index (χ2n) is 4.21. The van der Waals surface area contributed by atoms with E-state index in [0.717, 1.165) is 12.8 Å². The molecular formula is C11H13N3O3. The first-order valence-electron chi connectivity index (χ1n) is 5.37. The molecule has 0 unspecified atom stereocenters. The maximum absolute atomic E-state index is 11.7. The van der Waals surface area contributed by atoms with Crippen molar-refractivity contribution in [3.63, 3.8) is 0 Å². The Bertz CT molecular complexity index is 438. The van der Waals surface area contributed by atoms with Crippen molar-refractivity contribution in [1.82, 2.24) is 5.32 Å². The Morgan fingerprint density at radius 2 is 1.94 bits per heavy atom. The van der Waals surface area contributed by atoms with Gasteiger partial charge < -0.3 is 11.1 Å². The normalized spacial score (nSPS) is 22.6. The molecule has 6 nitrogen and oxygen atoms in total. The quantitative estimate of drug-likeness (QED) is 0.598. The summed E-state index contributed by atoms with van der Waals surface area (Å²) in [4.78, 5) is 21.7. The summed E-state index contributed by atoms with van der Waals surface area (Å²) < 4.78 is 0. The molecule has 1 aromatic rings. The number of non-ortho nitro benzene ring substituents is 1. The molecular weight excluding hydrogens is 222 g/mol. The summed E-state index contributed by atoms with van der Waals surface area (Å²) >= 11 is 0. The van der Waals surface area contributed by atoms with Crippen LogP contribution in [0.2, 0.25) is 0 Å². The lowest BCUT2D eigenvalue weighted by Crippen LogP contribution is -2.50. The van der Waals surface area contributed by atoms with Gasteiger partial charge in [-0.05, 0) is 25.0 Å². The Morgan fingerprint density at radius 3 is 2.41 bits per heavy atom. The van der Waals surface area contributed by atoms with Gasteiger partial charge in [-0.1, -0.05) is 0 Å². The molecule has 90 valence electrons. The number of nitrogens with zero attached hydrogens (tertiary/aromatic N) is 1. The third-order valence-electron chi connectivity index (χ3n) is 2.85. The minimum Gasteiger partial charge on any atom is -0.349 e. The minimum atomic E-state index is -0.493. The van der Waals surface area contributed by atoms with Crippen molar-refractivity contribution in [3.05, 3.63) is 39.9 Å². The standard InChI is InChI=1S/C11H13N3O3/c12-8-5-9(6-8)13-11(15)7-1-3-10(4-2-7)14(16)17/h1-4,8-9H,5-6,12H2,(H,13,15). The first-order chi connectivity index (χ1) is 8.06. The lowest BCUT2D eigenvalue weighted by Gasteiger charge is -2.32. The highest BCUT2D eigenvalue weighted by molar-refractivity contribution is 5.94. The lowest BCUT2D eigenvalue weighted by atomic mass is 9.87. The van der Waals surface area contributed by atoms with Crippen molar-refractivity contribution in [2.75, 3.05) is 0 Å². The van der Waals surface area contributed by atoms with Crippen LogP contribution in [0.1, 0.15) is 23.2 Å². The van der Waals surface area contributed by atoms with Crippen LogP contribution in [0.3, 0.4) is 0 Å². The highest BCUT2D eigenvalue weighted by atomic mass is 16.6. The molecule has 17 heavy (non-hydrogen) atoms. The van der Waals surface area contributed by atoms with Gasteiger partial charge in [-0.2, -0.15) is 0 Å². The molecule has 1 fully saturated rings. The van der Waals surface area contributed by atoms with Crippen LogP contribution in [0, 0.1) is 10.1 Å². The third kappa shape index (κ3) is 2.59. The molecule has 6 heteroatoms. The molecule has 0 radical (unpaired) electrons. The molecule has 0 atom stereocenters. The van der Waals surface area contributed by atoms with Gasteiger partial charge in [0.2, 0.25) is 0 Å². The van der Waals surface area contributed by atoms with Gasteiger partial charge >= 0.3 is 0 Å². The van der Waals surface area contributed by atoms with Gasteiger partial charge in [-0.3, -0.25) is 14.9 Å². The van der Waals surface area contributed by atoms with Gasteiger partial charge in [0.15, 0.2) is 0 Å². The molecule has 1 aromatic carbocycles. The average Bonchev–Trinajstić information content (AvgIpc) is 2.27. The van der Waals surface area contributed by atoms with E-state index in [1.807, 2.05) is 0 Å². The van der Waals surface area contributed by atoms with Crippen LogP contribution in [0.4, 0.5) is 5.69 Å². The summed E-state index contributed by atoms with van der Waals surface area (Å²) in [7, 11) is 0. The van der Waals surface area contributed by atoms with E-state index in [1.54, 1.807) is 0 Å². The molecule has 0 aliphatic heterocycles. The number of hydrogen-bond donors (Lipinski definition) is 2. The zero-order chi connectivity index (χ0) is 12.4. The summed E-state index contributed by atoms with van der Waals surface area (Å²) in [5.41, 5.74) is 6.02. The molecule has 0 bridgehead atoms. The molecule has 1 aliphatic rings. The van der Waals surface area contributed by atoms with E-state index in [9.17, 15) is 14.9 Å². The van der Waals surface area contributed by atoms with E-state index in [1.165, 1.54) is 24.3 Å². The number of rotatable bonds is 3. The topological polar surface area (TPSA) is 98.3 Å². The van der Waals surface area contributed by atoms with E-state index < -0.39 is 4.92 Å². The number of nitrogens with two attached hydrogens (primary N) is 1. The number of nitro benzene ring substituents is 1. The van der Waals surface area contributed by atoms with Crippen molar-refractivity contribution < 1.29 is 9.72 Å². The Balaban J connectivity index is 1.97. The van der Waals surface area contributed by atoms with Crippen molar-refractivity contribution in [1.29, 1.82) is 0 Å². The van der Waals surface area contributed by atoms with E-state index in [0.29, 0.717) is 5.56 Å². The zero-order valence-corrected chi connectivity index (χ0v) is 9.13. The fourth-order valence-electron chi connectivity index (χ4n) is 1.78. The van der Waals surface area contributed by atoms with Crippen molar-refractivity contribution >= 4 is 11.6 Å². The molecule has 0 saturated heterocycles. The second-order valence-corrected chi connectivity index (χ2v) is 4.21. The number of carbonyl (C=O) groups excluding carboxylic acids is 1. The SMILES string of the molecule is NC1CC(NC(=O)c2ccc([N+](=O)[O-])cc2)C1. The fraction of sp³-hybridized carbons (Fsp3) is 0.364. The predicted octanol–water partition coefficient (Wildman–Crippen LogP) is 0.814. The fourth-order valence-corrected chi connectivity index (χ4v) is 1.78. The van der Waals surface area contributed by atoms with Crippen LogP contribution < -0.4 is 11.1 Å². The van der Waals surface area contributed by atoms with Crippen LogP contribution in [-0.4, -0.2) is 22.9 Å². The highest BCUT2D eigenvalue weighted by Gasteiger charge is 2.27. The molecule has 0 spiro atoms. The van der Waals surface area contributed by atoms with Crippen molar-refractivity contribution in [3.8, 4) is 0 Å². The first kappa shape index (κ1) is 11.5. The van der Waals surface area contributed by atoms with E-state index in [-0.39, 0.29) is 23.7 Å². The number of benzene rings is 1. The van der Waals surface area contributed by atoms with Gasteiger partial charge in [0.25, 0.3) is 11.6 Å². The monoisotopic (exact) mass is 235 g/mol. The van der Waals surface area contributed by atoms with Gasteiger partial charge in [0, 0.05) is 29.8 Å². The van der Waals surface area contributed by atoms with Crippen molar-refractivity contribution in [2.24, 2.45) is 5.73 Å². The zero-order valence-electron chi connectivity index (χ0n) is 9.13. The lowest BCUT2D eigenvalue weighted by molar-refractivity contribution is -0.384. The Labute approximate surface area is 98.0 Å². The Kier molecular flexibility index (Phi) is 3.06. The van der Waals surface area contributed by atoms with Crippen LogP contribution in [0.15, 0.2) is 24.3 Å². The number of hydrogen-bond acceptors (Lipinski definition) is 4. The van der Waals surface area contributed by atoms with Gasteiger partial charge in [0.05, 0.1) is 4.92 Å². The summed E-state index contributed by atoms with van der Waals surface area (Å²) in [6.07, 6.45) is 1.58. The third-order valence-corrected chi connectivity index (χ3v) is 2.85. The molecule has 2 rings (SSSR count). The molecule has 0 aromatic heterocycles. The molecule has 1 amide bonds. The predicted molar refractivity (Wildman–Crippen MR) is 61.6 cm³/mol. The van der Waals surface area contributed by atoms with Crippen LogP contribution in [-0.2, 0) is 0 Å². The minimum absolute atomic E-state index is 0.0211. The average molecular weight is 235 g/mol. The van der Waals surface area contributed by atoms with Gasteiger partial charge in [0.1, 0.15) is 0 Å². The van der Waals surface area contributed by atoms with E-state index in [4.69, 9.17) is 5.73 Å². The molecule has 3 N–H and O–H groups in total. The van der Waals surface area contributed by atoms with Crippen LogP contribution in [0.25, 0.3) is 0 Å². The smallest absolute Gasteiger partial charge is 0.269 e. The second kappa shape index (κ2) is 4.50. The first-order valence-corrected chi connectivity index (χ1v) is 5.37. The van der Waals surface area contributed by atoms with Gasteiger partial charge in [-0.25, -0.2) is 0 Å². The summed E-state index contributed by atoms with van der Waals surface area (Å²) in [5.74, 6) is -0.211. The number of nitrogens with one attached hydrogen (secondary N) is 1. The largest absolute Gasteiger partial charge is 0.349 e. The Hall–Kier alpha value is -1.95. The van der Waals surface area contributed by atoms with E-state index in [2.05, 4.69) is 5.32 Å². The van der Waals surface area contributed by atoms with Crippen LogP contribution in [0.5, 0.6) is 0 Å². The van der Waals surface area contributed by atoms with Gasteiger partial charge in [-0.15, -0.1) is 0 Å². The summed E-state index contributed by atoms with van der Waals surface area (Å²) in [6.45, 7) is 0. The number of carbonyl (C=O) groups is 1.